The molecular formula is C8H5FO3. The quantitative estimate of drug-likeness (QED) is 0.652. The van der Waals surface area contributed by atoms with Crippen molar-refractivity contribution in [3.05, 3.63) is 34.6 Å². The zero-order valence-corrected chi connectivity index (χ0v) is 6.04. The molecule has 0 spiro atoms. The zero-order valence-electron chi connectivity index (χ0n) is 6.04. The number of halogens is 1. The molecule has 0 amide bonds. The minimum Gasteiger partial charge on any atom is -0.463 e. The Morgan fingerprint density at radius 2 is 2.25 bits per heavy atom. The van der Waals surface area contributed by atoms with Crippen molar-refractivity contribution in [1.82, 2.24) is 0 Å². The lowest BCUT2D eigenvalue weighted by Gasteiger charge is -1.96. The van der Waals surface area contributed by atoms with E-state index in [9.17, 15) is 9.18 Å². The molecule has 0 N–H and O–H groups in total. The molecule has 4 heteroatoms. The van der Waals surface area contributed by atoms with Crippen molar-refractivity contribution in [2.75, 3.05) is 0 Å². The topological polar surface area (TPSA) is 43.4 Å². The van der Waals surface area contributed by atoms with Gasteiger partial charge in [-0.05, 0) is 6.07 Å². The Morgan fingerprint density at radius 1 is 1.42 bits per heavy atom. The Morgan fingerprint density at radius 3 is 3.00 bits per heavy atom. The summed E-state index contributed by atoms with van der Waals surface area (Å²) in [5.41, 5.74) is 0.120. The lowest BCUT2D eigenvalue weighted by Crippen LogP contribution is -1.83. The molecule has 0 saturated carbocycles. The maximum atomic E-state index is 12.1. The molecule has 3 nitrogen and oxygen atoms in total. The largest absolute Gasteiger partial charge is 0.463 e. The first-order chi connectivity index (χ1) is 5.79. The molecule has 0 atom stereocenters. The van der Waals surface area contributed by atoms with E-state index < -0.39 is 12.3 Å². The molecule has 0 aromatic rings. The van der Waals surface area contributed by atoms with Crippen LogP contribution in [0.5, 0.6) is 0 Å². The minimum atomic E-state index is -0.685. The highest BCUT2D eigenvalue weighted by molar-refractivity contribution is 5.56. The second-order valence-electron chi connectivity index (χ2n) is 2.37. The second-order valence-corrected chi connectivity index (χ2v) is 2.37. The summed E-state index contributed by atoms with van der Waals surface area (Å²) >= 11 is 0. The third kappa shape index (κ3) is 1.01. The van der Waals surface area contributed by atoms with Crippen LogP contribution in [-0.4, -0.2) is 0 Å². The van der Waals surface area contributed by atoms with Gasteiger partial charge in [-0.15, -0.1) is 0 Å². The molecule has 2 aliphatic heterocycles. The van der Waals surface area contributed by atoms with E-state index in [1.54, 1.807) is 0 Å². The van der Waals surface area contributed by atoms with Crippen molar-refractivity contribution < 1.29 is 13.2 Å². The number of alkyl halides is 1. The Labute approximate surface area is 66.8 Å². The standard InChI is InChI=1S/C8H5FO3/c9-3-6-1-5-2-8(10)12-7(5)4-11-6/h1-2,4H,3H2. The zero-order chi connectivity index (χ0) is 8.55. The normalized spacial score (nSPS) is 10.8. The van der Waals surface area contributed by atoms with Crippen LogP contribution in [0.25, 0.3) is 11.3 Å². The van der Waals surface area contributed by atoms with E-state index in [4.69, 9.17) is 8.83 Å². The molecule has 0 aromatic heterocycles. The van der Waals surface area contributed by atoms with Crippen LogP contribution >= 0.6 is 0 Å². The second kappa shape index (κ2) is 2.48. The van der Waals surface area contributed by atoms with Gasteiger partial charge in [0.15, 0.2) is 5.76 Å². The summed E-state index contributed by atoms with van der Waals surface area (Å²) in [7, 11) is 0. The van der Waals surface area contributed by atoms with E-state index in [1.807, 2.05) is 0 Å². The fraction of sp³-hybridized carbons (Fsp3) is 0.125. The SMILES string of the molecule is O=c1cc2cc(CF)occ-2o1. The molecule has 0 aromatic carbocycles. The molecule has 0 aliphatic carbocycles. The van der Waals surface area contributed by atoms with Crippen LogP contribution in [0.2, 0.25) is 0 Å². The molecule has 2 rings (SSSR count). The number of hydrogen-bond acceptors (Lipinski definition) is 3. The van der Waals surface area contributed by atoms with Gasteiger partial charge in [0.2, 0.25) is 0 Å². The maximum absolute atomic E-state index is 12.1. The number of furan rings is 1. The number of fused-ring (bicyclic) bond motifs is 1. The van der Waals surface area contributed by atoms with Crippen LogP contribution in [-0.2, 0) is 6.67 Å². The summed E-state index contributed by atoms with van der Waals surface area (Å²) in [5, 5.41) is 0. The van der Waals surface area contributed by atoms with Crippen molar-refractivity contribution in [3.8, 4) is 11.3 Å². The van der Waals surface area contributed by atoms with Crippen LogP contribution in [0, 0.1) is 0 Å². The van der Waals surface area contributed by atoms with Gasteiger partial charge < -0.3 is 8.83 Å². The van der Waals surface area contributed by atoms with Crippen LogP contribution < -0.4 is 5.63 Å². The highest BCUT2D eigenvalue weighted by Gasteiger charge is 2.09. The van der Waals surface area contributed by atoms with E-state index in [1.165, 1.54) is 18.4 Å². The van der Waals surface area contributed by atoms with Crippen LogP contribution in [0.3, 0.4) is 0 Å². The molecule has 2 aliphatic rings. The third-order valence-electron chi connectivity index (χ3n) is 1.53. The van der Waals surface area contributed by atoms with E-state index in [-0.39, 0.29) is 5.76 Å². The van der Waals surface area contributed by atoms with Crippen molar-refractivity contribution in [2.24, 2.45) is 0 Å². The van der Waals surface area contributed by atoms with Gasteiger partial charge in [0.25, 0.3) is 0 Å². The summed E-state index contributed by atoms with van der Waals surface area (Å²) in [6.45, 7) is -0.685. The van der Waals surface area contributed by atoms with Crippen molar-refractivity contribution in [2.45, 2.75) is 6.67 Å². The Hall–Kier alpha value is -1.58. The smallest absolute Gasteiger partial charge is 0.337 e. The molecule has 0 bridgehead atoms. The van der Waals surface area contributed by atoms with Gasteiger partial charge in [-0.25, -0.2) is 9.18 Å². The van der Waals surface area contributed by atoms with Gasteiger partial charge in [-0.3, -0.25) is 0 Å². The first kappa shape index (κ1) is 7.09. The molecule has 12 heavy (non-hydrogen) atoms. The average Bonchev–Trinajstić information content (AvgIpc) is 2.43. The Bertz CT molecular complexity index is 415. The van der Waals surface area contributed by atoms with E-state index >= 15 is 0 Å². The monoisotopic (exact) mass is 168 g/mol. The summed E-state index contributed by atoms with van der Waals surface area (Å²) in [5.74, 6) is 0.528. The molecule has 2 heterocycles. The Kier molecular flexibility index (Phi) is 1.46. The molecule has 0 fully saturated rings. The van der Waals surface area contributed by atoms with Gasteiger partial charge in [0, 0.05) is 11.6 Å². The summed E-state index contributed by atoms with van der Waals surface area (Å²) in [6.07, 6.45) is 1.23. The highest BCUT2D eigenvalue weighted by Crippen LogP contribution is 2.21. The maximum Gasteiger partial charge on any atom is 0.337 e. The lowest BCUT2D eigenvalue weighted by molar-refractivity contribution is 0.378. The predicted octanol–water partition coefficient (Wildman–Crippen LogP) is 1.81. The van der Waals surface area contributed by atoms with Crippen LogP contribution in [0.1, 0.15) is 5.76 Å². The molecule has 0 radical (unpaired) electrons. The minimum absolute atomic E-state index is 0.184. The van der Waals surface area contributed by atoms with Gasteiger partial charge in [-0.1, -0.05) is 0 Å². The summed E-state index contributed by atoms with van der Waals surface area (Å²) in [4.78, 5) is 10.7. The molecular weight excluding hydrogens is 163 g/mol. The fourth-order valence-electron chi connectivity index (χ4n) is 1.01. The third-order valence-corrected chi connectivity index (χ3v) is 1.53. The van der Waals surface area contributed by atoms with Gasteiger partial charge in [0.05, 0.1) is 0 Å². The molecule has 0 unspecified atom stereocenters. The van der Waals surface area contributed by atoms with Crippen LogP contribution in [0.15, 0.2) is 32.0 Å². The first-order valence-corrected chi connectivity index (χ1v) is 3.37. The van der Waals surface area contributed by atoms with Gasteiger partial charge in [-0.2, -0.15) is 0 Å². The van der Waals surface area contributed by atoms with Gasteiger partial charge in [0.1, 0.15) is 18.7 Å². The van der Waals surface area contributed by atoms with E-state index in [2.05, 4.69) is 0 Å². The van der Waals surface area contributed by atoms with E-state index in [0.29, 0.717) is 11.3 Å². The average molecular weight is 168 g/mol. The fourth-order valence-corrected chi connectivity index (χ4v) is 1.01. The van der Waals surface area contributed by atoms with Crippen molar-refractivity contribution in [3.63, 3.8) is 0 Å². The van der Waals surface area contributed by atoms with Crippen LogP contribution in [0.4, 0.5) is 4.39 Å². The van der Waals surface area contributed by atoms with E-state index in [0.717, 1.165) is 0 Å². The van der Waals surface area contributed by atoms with Crippen molar-refractivity contribution >= 4 is 0 Å². The van der Waals surface area contributed by atoms with Gasteiger partial charge >= 0.3 is 5.63 Å². The molecule has 0 saturated heterocycles. The van der Waals surface area contributed by atoms with Crippen molar-refractivity contribution in [1.29, 1.82) is 0 Å². The number of hydrogen-bond donors (Lipinski definition) is 0. The molecule has 62 valence electrons. The lowest BCUT2D eigenvalue weighted by atomic mass is 10.2. The highest BCUT2D eigenvalue weighted by atomic mass is 19.1. The number of rotatable bonds is 1. The summed E-state index contributed by atoms with van der Waals surface area (Å²) < 4.78 is 21.5. The Balaban J connectivity index is 2.67. The summed E-state index contributed by atoms with van der Waals surface area (Å²) in [6, 6.07) is 2.74. The first-order valence-electron chi connectivity index (χ1n) is 3.37. The predicted molar refractivity (Wildman–Crippen MR) is 38.7 cm³/mol.